The van der Waals surface area contributed by atoms with E-state index in [4.69, 9.17) is 14.2 Å². The predicted octanol–water partition coefficient (Wildman–Crippen LogP) is 5.20. The summed E-state index contributed by atoms with van der Waals surface area (Å²) in [7, 11) is -1.23. The van der Waals surface area contributed by atoms with Crippen molar-refractivity contribution in [1.82, 2.24) is 0 Å². The quantitative estimate of drug-likeness (QED) is 0.422. The first-order valence-corrected chi connectivity index (χ1v) is 12.5. The highest BCUT2D eigenvalue weighted by atomic mass is 32.2. The van der Waals surface area contributed by atoms with Crippen LogP contribution in [0.15, 0.2) is 84.3 Å². The summed E-state index contributed by atoms with van der Waals surface area (Å²) in [6.45, 7) is 5.24. The van der Waals surface area contributed by atoms with E-state index in [9.17, 15) is 13.2 Å². The molecule has 0 spiro atoms. The van der Waals surface area contributed by atoms with Gasteiger partial charge in [0.05, 0.1) is 26.5 Å². The van der Waals surface area contributed by atoms with Gasteiger partial charge >= 0.3 is 0 Å². The molecule has 186 valence electrons. The zero-order valence-corrected chi connectivity index (χ0v) is 21.0. The maximum atomic E-state index is 13.6. The number of hydrogen-bond donors (Lipinski definition) is 1. The van der Waals surface area contributed by atoms with Crippen LogP contribution in [0, 0.1) is 0 Å². The Morgan fingerprint density at radius 1 is 0.972 bits per heavy atom. The fraction of sp³-hybridized carbons (Fsp3) is 0.148. The van der Waals surface area contributed by atoms with E-state index >= 15 is 0 Å². The molecule has 1 N–H and O–H groups in total. The molecule has 0 radical (unpaired) electrons. The topological polar surface area (TPSA) is 94.2 Å². The summed E-state index contributed by atoms with van der Waals surface area (Å²) in [5.41, 5.74) is 1.64. The zero-order chi connectivity index (χ0) is 25.9. The molecule has 0 aliphatic carbocycles. The van der Waals surface area contributed by atoms with Crippen LogP contribution in [-0.4, -0.2) is 35.1 Å². The largest absolute Gasteiger partial charge is 0.493 e. The highest BCUT2D eigenvalue weighted by molar-refractivity contribution is 7.97. The lowest BCUT2D eigenvalue weighted by Crippen LogP contribution is -2.39. The summed E-state index contributed by atoms with van der Waals surface area (Å²) < 4.78 is 44.8. The molecule has 1 amide bonds. The first-order chi connectivity index (χ1) is 17.3. The summed E-state index contributed by atoms with van der Waals surface area (Å²) in [4.78, 5) is 13.0. The number of anilines is 2. The Balaban J connectivity index is 1.69. The first-order valence-electron chi connectivity index (χ1n) is 11.1. The number of carbonyl (C=O) groups is 1. The van der Waals surface area contributed by atoms with E-state index in [1.807, 2.05) is 30.3 Å². The van der Waals surface area contributed by atoms with E-state index in [-0.39, 0.29) is 11.4 Å². The molecule has 1 aliphatic heterocycles. The van der Waals surface area contributed by atoms with Gasteiger partial charge in [0.15, 0.2) is 16.4 Å². The van der Waals surface area contributed by atoms with Crippen molar-refractivity contribution >= 4 is 32.9 Å². The fourth-order valence-electron chi connectivity index (χ4n) is 3.95. The third-order valence-corrected chi connectivity index (χ3v) is 7.59. The second-order valence-corrected chi connectivity index (χ2v) is 9.70. The molecule has 0 aromatic heterocycles. The molecule has 8 nitrogen and oxygen atoms in total. The van der Waals surface area contributed by atoms with Crippen LogP contribution < -0.4 is 23.8 Å². The average molecular weight is 507 g/mol. The number of sulfonamides is 1. The molecule has 36 heavy (non-hydrogen) atoms. The summed E-state index contributed by atoms with van der Waals surface area (Å²) in [6.07, 6.45) is 1.46. The van der Waals surface area contributed by atoms with Crippen LogP contribution >= 0.6 is 0 Å². The van der Waals surface area contributed by atoms with E-state index in [0.717, 1.165) is 4.31 Å². The summed E-state index contributed by atoms with van der Waals surface area (Å²) >= 11 is 0. The number of ether oxygens (including phenoxy) is 3. The number of rotatable bonds is 8. The maximum absolute atomic E-state index is 13.6. The van der Waals surface area contributed by atoms with Crippen molar-refractivity contribution in [2.45, 2.75) is 6.92 Å². The molecule has 0 atom stereocenters. The van der Waals surface area contributed by atoms with Crippen LogP contribution in [0.3, 0.4) is 0 Å². The van der Waals surface area contributed by atoms with Crippen LogP contribution in [0.2, 0.25) is 0 Å². The molecule has 3 aromatic carbocycles. The van der Waals surface area contributed by atoms with Crippen molar-refractivity contribution in [1.29, 1.82) is 0 Å². The van der Waals surface area contributed by atoms with Gasteiger partial charge in [-0.2, -0.15) is 0 Å². The molecule has 3 aromatic rings. The Bertz CT molecular complexity index is 1430. The van der Waals surface area contributed by atoms with Gasteiger partial charge in [0, 0.05) is 17.3 Å². The van der Waals surface area contributed by atoms with Gasteiger partial charge < -0.3 is 19.5 Å². The number of fused-ring (bicyclic) bond motifs is 1. The number of carbonyl (C=O) groups excluding carboxylic acids is 1. The van der Waals surface area contributed by atoms with Gasteiger partial charge in [0.2, 0.25) is 0 Å². The predicted molar refractivity (Wildman–Crippen MR) is 140 cm³/mol. The molecular formula is C27H26N2O6S. The van der Waals surface area contributed by atoms with E-state index in [0.29, 0.717) is 45.5 Å². The lowest BCUT2D eigenvalue weighted by Gasteiger charge is -2.32. The molecule has 1 heterocycles. The Labute approximate surface area is 210 Å². The number of nitrogens with one attached hydrogen (secondary N) is 1. The van der Waals surface area contributed by atoms with Crippen LogP contribution in [-0.2, 0) is 14.8 Å². The molecule has 0 bridgehead atoms. The number of nitrogens with zero attached hydrogens (tertiary/aromatic N) is 1. The smallest absolute Gasteiger partial charge is 0.270 e. The normalized spacial score (nSPS) is 14.0. The Morgan fingerprint density at radius 2 is 1.58 bits per heavy atom. The van der Waals surface area contributed by atoms with Crippen molar-refractivity contribution in [3.05, 3.63) is 89.9 Å². The molecule has 0 saturated heterocycles. The van der Waals surface area contributed by atoms with Crippen molar-refractivity contribution in [2.75, 3.05) is 30.4 Å². The second kappa shape index (κ2) is 10.2. The van der Waals surface area contributed by atoms with E-state index in [2.05, 4.69) is 11.9 Å². The Morgan fingerprint density at radius 3 is 2.19 bits per heavy atom. The molecule has 0 fully saturated rings. The number of methoxy groups -OCH3 is 2. The zero-order valence-electron chi connectivity index (χ0n) is 20.1. The Hall–Kier alpha value is -4.24. The van der Waals surface area contributed by atoms with Crippen molar-refractivity contribution in [3.63, 3.8) is 0 Å². The van der Waals surface area contributed by atoms with E-state index in [1.165, 1.54) is 20.3 Å². The van der Waals surface area contributed by atoms with Crippen molar-refractivity contribution in [2.24, 2.45) is 0 Å². The SMILES string of the molecule is C=CCN1c2cc(OC)c(OC)cc2C(C)=C(C(=O)Nc2ccc(Oc3ccccc3)cc2)S1(=O)=O. The minimum absolute atomic E-state index is 0.0274. The van der Waals surface area contributed by atoms with Gasteiger partial charge in [0.25, 0.3) is 15.9 Å². The lowest BCUT2D eigenvalue weighted by atomic mass is 10.0. The van der Waals surface area contributed by atoms with Crippen molar-refractivity contribution < 1.29 is 27.4 Å². The monoisotopic (exact) mass is 506 g/mol. The summed E-state index contributed by atoms with van der Waals surface area (Å²) in [5, 5.41) is 2.69. The molecule has 0 saturated carbocycles. The van der Waals surface area contributed by atoms with Gasteiger partial charge in [0.1, 0.15) is 11.5 Å². The maximum Gasteiger partial charge on any atom is 0.270 e. The number of hydrogen-bond acceptors (Lipinski definition) is 6. The minimum Gasteiger partial charge on any atom is -0.493 e. The van der Waals surface area contributed by atoms with E-state index in [1.54, 1.807) is 43.3 Å². The molecule has 9 heteroatoms. The van der Waals surface area contributed by atoms with Gasteiger partial charge in [-0.1, -0.05) is 24.3 Å². The standard InChI is InChI=1S/C27H26N2O6S/c1-5-15-29-23-17-25(34-4)24(33-3)16-22(23)18(2)26(36(29,31)32)27(30)28-19-11-13-21(14-12-19)35-20-9-7-6-8-10-20/h5-14,16-17H,1,15H2,2-4H3,(H,28,30). The molecule has 0 unspecified atom stereocenters. The van der Waals surface area contributed by atoms with Gasteiger partial charge in [-0.15, -0.1) is 6.58 Å². The highest BCUT2D eigenvalue weighted by Crippen LogP contribution is 2.45. The third kappa shape index (κ3) is 4.65. The highest BCUT2D eigenvalue weighted by Gasteiger charge is 2.40. The summed E-state index contributed by atoms with van der Waals surface area (Å²) in [6, 6.07) is 19.2. The number of amides is 1. The second-order valence-electron chi connectivity index (χ2n) is 7.90. The van der Waals surface area contributed by atoms with Crippen molar-refractivity contribution in [3.8, 4) is 23.0 Å². The number of benzene rings is 3. The molecular weight excluding hydrogens is 480 g/mol. The first kappa shape index (κ1) is 24.9. The lowest BCUT2D eigenvalue weighted by molar-refractivity contribution is -0.112. The average Bonchev–Trinajstić information content (AvgIpc) is 2.87. The molecule has 1 aliphatic rings. The Kier molecular flexibility index (Phi) is 7.03. The van der Waals surface area contributed by atoms with Gasteiger partial charge in [-0.3, -0.25) is 9.10 Å². The van der Waals surface area contributed by atoms with Crippen LogP contribution in [0.4, 0.5) is 11.4 Å². The molecule has 4 rings (SSSR count). The minimum atomic E-state index is -4.19. The van der Waals surface area contributed by atoms with Crippen LogP contribution in [0.1, 0.15) is 12.5 Å². The fourth-order valence-corrected chi connectivity index (χ4v) is 5.66. The third-order valence-electron chi connectivity index (χ3n) is 5.66. The van der Waals surface area contributed by atoms with Crippen LogP contribution in [0.5, 0.6) is 23.0 Å². The van der Waals surface area contributed by atoms with Gasteiger partial charge in [-0.05, 0) is 55.0 Å². The number of para-hydroxylation sites is 1. The van der Waals surface area contributed by atoms with E-state index < -0.39 is 15.9 Å². The van der Waals surface area contributed by atoms with Crippen LogP contribution in [0.25, 0.3) is 5.57 Å². The number of allylic oxidation sites excluding steroid dienone is 1. The van der Waals surface area contributed by atoms with Gasteiger partial charge in [-0.25, -0.2) is 8.42 Å². The summed E-state index contributed by atoms with van der Waals surface area (Å²) in [5.74, 6) is 1.29.